The Bertz CT molecular complexity index is 643. The van der Waals surface area contributed by atoms with E-state index in [1.54, 1.807) is 12.1 Å². The van der Waals surface area contributed by atoms with Crippen molar-refractivity contribution in [2.45, 2.75) is 6.92 Å². The van der Waals surface area contributed by atoms with Gasteiger partial charge in [-0.15, -0.1) is 0 Å². The molecule has 98 valence electrons. The van der Waals surface area contributed by atoms with E-state index >= 15 is 0 Å². The van der Waals surface area contributed by atoms with Gasteiger partial charge in [0.05, 0.1) is 5.69 Å². The van der Waals surface area contributed by atoms with Crippen LogP contribution in [0.5, 0.6) is 0 Å². The number of hydrogen-bond donors (Lipinski definition) is 1. The van der Waals surface area contributed by atoms with Crippen LogP contribution in [0.25, 0.3) is 0 Å². The fraction of sp³-hybridized carbons (Fsp3) is 0.0714. The molecule has 0 aliphatic rings. The van der Waals surface area contributed by atoms with Crippen molar-refractivity contribution in [2.75, 3.05) is 5.32 Å². The molecule has 0 spiro atoms. The van der Waals surface area contributed by atoms with E-state index in [1.165, 1.54) is 6.07 Å². The predicted octanol–water partition coefficient (Wildman–Crippen LogP) is 4.29. The Labute approximate surface area is 117 Å². The van der Waals surface area contributed by atoms with Crippen LogP contribution >= 0.6 is 15.9 Å². The zero-order valence-corrected chi connectivity index (χ0v) is 11.6. The fourth-order valence-corrected chi connectivity index (χ4v) is 1.94. The molecule has 1 N–H and O–H groups in total. The Morgan fingerprint density at radius 3 is 2.58 bits per heavy atom. The Balaban J connectivity index is 2.26. The van der Waals surface area contributed by atoms with E-state index in [0.29, 0.717) is 5.69 Å². The molecule has 0 saturated heterocycles. The van der Waals surface area contributed by atoms with E-state index in [1.807, 2.05) is 13.0 Å². The van der Waals surface area contributed by atoms with Gasteiger partial charge in [-0.25, -0.2) is 8.78 Å². The number of rotatable bonds is 2. The van der Waals surface area contributed by atoms with Gasteiger partial charge in [0.15, 0.2) is 11.6 Å². The van der Waals surface area contributed by atoms with Crippen LogP contribution in [0.2, 0.25) is 0 Å². The molecule has 2 aromatic carbocycles. The molecule has 5 heteroatoms. The standard InChI is InChI=1S/C14H10BrF2NO/c1-8-3-2-4-12(13(8)15)18-14(19)9-5-6-10(16)11(17)7-9/h2-7H,1H3,(H,18,19). The maximum atomic E-state index is 13.1. The molecule has 19 heavy (non-hydrogen) atoms. The van der Waals surface area contributed by atoms with E-state index in [0.717, 1.165) is 22.2 Å². The fourth-order valence-electron chi connectivity index (χ4n) is 1.58. The second kappa shape index (κ2) is 5.48. The number of benzene rings is 2. The minimum atomic E-state index is -1.05. The second-order valence-electron chi connectivity index (χ2n) is 4.02. The number of halogens is 3. The van der Waals surface area contributed by atoms with Crippen molar-refractivity contribution >= 4 is 27.5 Å². The maximum absolute atomic E-state index is 13.1. The molecule has 0 atom stereocenters. The normalized spacial score (nSPS) is 10.3. The Morgan fingerprint density at radius 1 is 1.16 bits per heavy atom. The van der Waals surface area contributed by atoms with Gasteiger partial charge in [0.25, 0.3) is 5.91 Å². The van der Waals surface area contributed by atoms with Crippen molar-refractivity contribution in [2.24, 2.45) is 0 Å². The molecule has 0 aliphatic carbocycles. The predicted molar refractivity (Wildman–Crippen MR) is 73.2 cm³/mol. The van der Waals surface area contributed by atoms with Crippen LogP contribution in [0, 0.1) is 18.6 Å². The van der Waals surface area contributed by atoms with Crippen molar-refractivity contribution in [1.29, 1.82) is 0 Å². The van der Waals surface area contributed by atoms with Gasteiger partial charge in [0.1, 0.15) is 0 Å². The molecule has 2 rings (SSSR count). The highest BCUT2D eigenvalue weighted by atomic mass is 79.9. The summed E-state index contributed by atoms with van der Waals surface area (Å²) in [6, 6.07) is 8.43. The molecular weight excluding hydrogens is 316 g/mol. The summed E-state index contributed by atoms with van der Waals surface area (Å²) >= 11 is 3.36. The third kappa shape index (κ3) is 2.98. The van der Waals surface area contributed by atoms with Crippen molar-refractivity contribution in [1.82, 2.24) is 0 Å². The zero-order valence-electron chi connectivity index (χ0n) is 10.0. The number of hydrogen-bond acceptors (Lipinski definition) is 1. The van der Waals surface area contributed by atoms with Gasteiger partial charge in [0.2, 0.25) is 0 Å². The SMILES string of the molecule is Cc1cccc(NC(=O)c2ccc(F)c(F)c2)c1Br. The minimum absolute atomic E-state index is 0.0623. The molecular formula is C14H10BrF2NO. The molecule has 0 aliphatic heterocycles. The third-order valence-corrected chi connectivity index (χ3v) is 3.67. The first-order valence-electron chi connectivity index (χ1n) is 5.50. The molecule has 2 nitrogen and oxygen atoms in total. The van der Waals surface area contributed by atoms with Gasteiger partial charge in [-0.1, -0.05) is 12.1 Å². The summed E-state index contributed by atoms with van der Waals surface area (Å²) in [4.78, 5) is 11.9. The van der Waals surface area contributed by atoms with Gasteiger partial charge in [-0.3, -0.25) is 4.79 Å². The van der Waals surface area contributed by atoms with Crippen molar-refractivity contribution in [3.8, 4) is 0 Å². The highest BCUT2D eigenvalue weighted by Gasteiger charge is 2.11. The lowest BCUT2D eigenvalue weighted by Gasteiger charge is -2.09. The van der Waals surface area contributed by atoms with Crippen molar-refractivity contribution in [3.63, 3.8) is 0 Å². The average Bonchev–Trinajstić information content (AvgIpc) is 2.38. The van der Waals surface area contributed by atoms with Crippen LogP contribution in [0.15, 0.2) is 40.9 Å². The van der Waals surface area contributed by atoms with Crippen LogP contribution in [0.3, 0.4) is 0 Å². The topological polar surface area (TPSA) is 29.1 Å². The van der Waals surface area contributed by atoms with E-state index in [2.05, 4.69) is 21.2 Å². The first-order chi connectivity index (χ1) is 8.99. The Hall–Kier alpha value is -1.75. The lowest BCUT2D eigenvalue weighted by Crippen LogP contribution is -2.13. The third-order valence-electron chi connectivity index (χ3n) is 2.62. The summed E-state index contributed by atoms with van der Waals surface area (Å²) in [5, 5.41) is 2.64. The lowest BCUT2D eigenvalue weighted by molar-refractivity contribution is 0.102. The van der Waals surface area contributed by atoms with Crippen molar-refractivity contribution in [3.05, 3.63) is 63.6 Å². The number of amides is 1. The molecule has 0 fully saturated rings. The molecule has 0 unspecified atom stereocenters. The van der Waals surface area contributed by atoms with Gasteiger partial charge >= 0.3 is 0 Å². The zero-order chi connectivity index (χ0) is 14.0. The van der Waals surface area contributed by atoms with Crippen LogP contribution in [0.4, 0.5) is 14.5 Å². The molecule has 0 aromatic heterocycles. The van der Waals surface area contributed by atoms with Gasteiger partial charge in [0, 0.05) is 10.0 Å². The quantitative estimate of drug-likeness (QED) is 0.876. The molecule has 1 amide bonds. The summed E-state index contributed by atoms with van der Waals surface area (Å²) in [5.74, 6) is -2.52. The van der Waals surface area contributed by atoms with Crippen LogP contribution < -0.4 is 5.32 Å². The Kier molecular flexibility index (Phi) is 3.95. The molecule has 2 aromatic rings. The number of carbonyl (C=O) groups excluding carboxylic acids is 1. The maximum Gasteiger partial charge on any atom is 0.255 e. The van der Waals surface area contributed by atoms with Crippen LogP contribution in [0.1, 0.15) is 15.9 Å². The molecule has 0 heterocycles. The molecule has 0 bridgehead atoms. The smallest absolute Gasteiger partial charge is 0.255 e. The monoisotopic (exact) mass is 325 g/mol. The lowest BCUT2D eigenvalue weighted by atomic mass is 10.2. The number of nitrogens with one attached hydrogen (secondary N) is 1. The summed E-state index contributed by atoms with van der Waals surface area (Å²) in [6.45, 7) is 1.89. The van der Waals surface area contributed by atoms with Gasteiger partial charge < -0.3 is 5.32 Å². The van der Waals surface area contributed by atoms with Gasteiger partial charge in [-0.05, 0) is 52.7 Å². The minimum Gasteiger partial charge on any atom is -0.321 e. The van der Waals surface area contributed by atoms with E-state index < -0.39 is 17.5 Å². The number of anilines is 1. The molecule has 0 radical (unpaired) electrons. The highest BCUT2D eigenvalue weighted by Crippen LogP contribution is 2.26. The average molecular weight is 326 g/mol. The summed E-state index contributed by atoms with van der Waals surface area (Å²) in [6.07, 6.45) is 0. The summed E-state index contributed by atoms with van der Waals surface area (Å²) < 4.78 is 26.6. The van der Waals surface area contributed by atoms with Gasteiger partial charge in [-0.2, -0.15) is 0 Å². The van der Waals surface area contributed by atoms with Crippen LogP contribution in [-0.2, 0) is 0 Å². The van der Waals surface area contributed by atoms with Crippen LogP contribution in [-0.4, -0.2) is 5.91 Å². The number of carbonyl (C=O) groups is 1. The first-order valence-corrected chi connectivity index (χ1v) is 6.30. The van der Waals surface area contributed by atoms with E-state index in [-0.39, 0.29) is 5.56 Å². The first kappa shape index (κ1) is 13.7. The summed E-state index contributed by atoms with van der Waals surface area (Å²) in [7, 11) is 0. The largest absolute Gasteiger partial charge is 0.321 e. The number of aryl methyl sites for hydroxylation is 1. The highest BCUT2D eigenvalue weighted by molar-refractivity contribution is 9.10. The summed E-state index contributed by atoms with van der Waals surface area (Å²) in [5.41, 5.74) is 1.60. The second-order valence-corrected chi connectivity index (χ2v) is 4.81. The molecule has 0 saturated carbocycles. The van der Waals surface area contributed by atoms with E-state index in [4.69, 9.17) is 0 Å². The van der Waals surface area contributed by atoms with Crippen molar-refractivity contribution < 1.29 is 13.6 Å². The Morgan fingerprint density at radius 2 is 1.89 bits per heavy atom. The van der Waals surface area contributed by atoms with E-state index in [9.17, 15) is 13.6 Å².